The summed E-state index contributed by atoms with van der Waals surface area (Å²) in [5.74, 6) is 1.79. The van der Waals surface area contributed by atoms with Crippen LogP contribution in [0.15, 0.2) is 42.6 Å². The molecule has 2 aromatic carbocycles. The van der Waals surface area contributed by atoms with Crippen LogP contribution in [0.5, 0.6) is 5.75 Å². The predicted molar refractivity (Wildman–Crippen MR) is 120 cm³/mol. The molecule has 3 heterocycles. The molecule has 152 valence electrons. The zero-order chi connectivity index (χ0) is 20.0. The largest absolute Gasteiger partial charge is 0.487 e. The topological polar surface area (TPSA) is 28.3 Å². The first-order valence-electron chi connectivity index (χ1n) is 10.8. The zero-order valence-electron chi connectivity index (χ0n) is 17.3. The van der Waals surface area contributed by atoms with Gasteiger partial charge in [-0.15, -0.1) is 0 Å². The molecule has 3 nitrogen and oxygen atoms in total. The molecule has 2 aliphatic rings. The molecule has 1 fully saturated rings. The van der Waals surface area contributed by atoms with E-state index in [1.165, 1.54) is 40.7 Å². The number of H-pyrrole nitrogens is 1. The Morgan fingerprint density at radius 2 is 2.00 bits per heavy atom. The van der Waals surface area contributed by atoms with Crippen molar-refractivity contribution in [1.82, 2.24) is 9.88 Å². The van der Waals surface area contributed by atoms with E-state index in [-0.39, 0.29) is 5.60 Å². The fourth-order valence-electron chi connectivity index (χ4n) is 5.07. The Bertz CT molecular complexity index is 1030. The van der Waals surface area contributed by atoms with E-state index >= 15 is 0 Å². The van der Waals surface area contributed by atoms with E-state index in [0.717, 1.165) is 43.0 Å². The number of aromatic nitrogens is 1. The van der Waals surface area contributed by atoms with E-state index in [1.54, 1.807) is 0 Å². The molecular formula is C25H29ClN2O. The van der Waals surface area contributed by atoms with E-state index in [2.05, 4.69) is 54.2 Å². The van der Waals surface area contributed by atoms with Gasteiger partial charge in [0.2, 0.25) is 0 Å². The van der Waals surface area contributed by atoms with Crippen LogP contribution in [0.3, 0.4) is 0 Å². The van der Waals surface area contributed by atoms with Gasteiger partial charge >= 0.3 is 0 Å². The van der Waals surface area contributed by atoms with Gasteiger partial charge in [-0.05, 0) is 80.9 Å². The minimum absolute atomic E-state index is 0.0668. The van der Waals surface area contributed by atoms with Crippen molar-refractivity contribution in [3.8, 4) is 5.75 Å². The van der Waals surface area contributed by atoms with Crippen LogP contribution in [0.2, 0.25) is 5.02 Å². The molecule has 1 saturated heterocycles. The highest BCUT2D eigenvalue weighted by atomic mass is 35.5. The number of halogens is 1. The van der Waals surface area contributed by atoms with Crippen LogP contribution < -0.4 is 4.74 Å². The lowest BCUT2D eigenvalue weighted by Crippen LogP contribution is -2.34. The highest BCUT2D eigenvalue weighted by molar-refractivity contribution is 6.31. The lowest BCUT2D eigenvalue weighted by molar-refractivity contribution is 0.135. The molecule has 5 rings (SSSR count). The third-order valence-electron chi connectivity index (χ3n) is 6.58. The molecule has 0 radical (unpaired) electrons. The highest BCUT2D eigenvalue weighted by Crippen LogP contribution is 2.43. The number of ether oxygens (including phenoxy) is 1. The number of piperidine rings is 1. The summed E-state index contributed by atoms with van der Waals surface area (Å²) in [7, 11) is 0. The Hall–Kier alpha value is -1.97. The number of fused-ring (bicyclic) bond motifs is 2. The van der Waals surface area contributed by atoms with E-state index in [0.29, 0.717) is 5.92 Å². The highest BCUT2D eigenvalue weighted by Gasteiger charge is 2.34. The minimum Gasteiger partial charge on any atom is -0.487 e. The molecule has 29 heavy (non-hydrogen) atoms. The number of nitrogens with one attached hydrogen (secondary N) is 1. The summed E-state index contributed by atoms with van der Waals surface area (Å²) in [5, 5.41) is 2.08. The van der Waals surface area contributed by atoms with Crippen molar-refractivity contribution in [1.29, 1.82) is 0 Å². The van der Waals surface area contributed by atoms with Crippen molar-refractivity contribution >= 4 is 22.5 Å². The van der Waals surface area contributed by atoms with Crippen molar-refractivity contribution in [2.45, 2.75) is 51.0 Å². The number of para-hydroxylation sites is 1. The van der Waals surface area contributed by atoms with E-state index in [9.17, 15) is 0 Å². The van der Waals surface area contributed by atoms with E-state index < -0.39 is 0 Å². The van der Waals surface area contributed by atoms with Crippen molar-refractivity contribution < 1.29 is 4.74 Å². The molecule has 0 bridgehead atoms. The first-order valence-corrected chi connectivity index (χ1v) is 11.1. The Balaban J connectivity index is 1.21. The van der Waals surface area contributed by atoms with Crippen LogP contribution in [0.4, 0.5) is 0 Å². The maximum atomic E-state index is 6.32. The SMILES string of the molecule is CC1(C)Cc2cccc(C3CCN(CCc4c[nH]c5cc(Cl)ccc45)CC3)c2O1. The minimum atomic E-state index is -0.0668. The van der Waals surface area contributed by atoms with Gasteiger partial charge in [0.05, 0.1) is 0 Å². The van der Waals surface area contributed by atoms with Gasteiger partial charge in [0.15, 0.2) is 0 Å². The van der Waals surface area contributed by atoms with Gasteiger partial charge in [-0.1, -0.05) is 35.9 Å². The number of nitrogens with zero attached hydrogens (tertiary/aromatic N) is 1. The van der Waals surface area contributed by atoms with Gasteiger partial charge in [-0.3, -0.25) is 0 Å². The predicted octanol–water partition coefficient (Wildman–Crippen LogP) is 5.96. The Kier molecular flexibility index (Phi) is 4.84. The number of aromatic amines is 1. The Morgan fingerprint density at radius 3 is 2.83 bits per heavy atom. The summed E-state index contributed by atoms with van der Waals surface area (Å²) in [5.41, 5.74) is 5.26. The summed E-state index contributed by atoms with van der Waals surface area (Å²) in [6.07, 6.45) is 6.66. The second kappa shape index (κ2) is 7.37. The average Bonchev–Trinajstić information content (AvgIpc) is 3.24. The van der Waals surface area contributed by atoms with Crippen molar-refractivity contribution in [3.05, 3.63) is 64.3 Å². The molecule has 1 N–H and O–H groups in total. The first kappa shape index (κ1) is 19.0. The van der Waals surface area contributed by atoms with Crippen LogP contribution in [-0.4, -0.2) is 35.1 Å². The summed E-state index contributed by atoms with van der Waals surface area (Å²) in [6.45, 7) is 7.81. The fraction of sp³-hybridized carbons (Fsp3) is 0.440. The van der Waals surface area contributed by atoms with Crippen molar-refractivity contribution in [2.75, 3.05) is 19.6 Å². The normalized spacial score (nSPS) is 19.4. The van der Waals surface area contributed by atoms with E-state index in [4.69, 9.17) is 16.3 Å². The van der Waals surface area contributed by atoms with Crippen LogP contribution in [-0.2, 0) is 12.8 Å². The number of rotatable bonds is 4. The molecule has 0 aliphatic carbocycles. The van der Waals surface area contributed by atoms with Crippen LogP contribution in [0.25, 0.3) is 10.9 Å². The summed E-state index contributed by atoms with van der Waals surface area (Å²) in [4.78, 5) is 5.97. The smallest absolute Gasteiger partial charge is 0.126 e. The maximum absolute atomic E-state index is 6.32. The number of hydrogen-bond acceptors (Lipinski definition) is 2. The second-order valence-electron chi connectivity index (χ2n) is 9.24. The lowest BCUT2D eigenvalue weighted by atomic mass is 9.87. The van der Waals surface area contributed by atoms with Crippen LogP contribution >= 0.6 is 11.6 Å². The second-order valence-corrected chi connectivity index (χ2v) is 9.68. The van der Waals surface area contributed by atoms with Gasteiger partial charge in [0.25, 0.3) is 0 Å². The number of hydrogen-bond donors (Lipinski definition) is 1. The molecule has 3 aromatic rings. The van der Waals surface area contributed by atoms with Gasteiger partial charge in [-0.2, -0.15) is 0 Å². The van der Waals surface area contributed by atoms with Crippen LogP contribution in [0.1, 0.15) is 49.3 Å². The molecule has 0 spiro atoms. The fourth-order valence-corrected chi connectivity index (χ4v) is 5.24. The van der Waals surface area contributed by atoms with E-state index in [1.807, 2.05) is 12.1 Å². The molecule has 0 atom stereocenters. The standard InChI is InChI=1S/C25H29ClN2O/c1-25(2)15-18-4-3-5-22(24(18)29-25)17-8-11-28(12-9-17)13-10-19-16-27-23-14-20(26)6-7-21(19)23/h3-7,14,16-17,27H,8-13,15H2,1-2H3. The lowest BCUT2D eigenvalue weighted by Gasteiger charge is -2.33. The van der Waals surface area contributed by atoms with Gasteiger partial charge in [0.1, 0.15) is 11.4 Å². The monoisotopic (exact) mass is 408 g/mol. The molecule has 0 amide bonds. The maximum Gasteiger partial charge on any atom is 0.126 e. The van der Waals surface area contributed by atoms with Gasteiger partial charge in [0, 0.05) is 35.1 Å². The third-order valence-corrected chi connectivity index (χ3v) is 6.81. The first-order chi connectivity index (χ1) is 14.0. The quantitative estimate of drug-likeness (QED) is 0.577. The summed E-state index contributed by atoms with van der Waals surface area (Å²) < 4.78 is 6.32. The molecule has 0 unspecified atom stereocenters. The molecule has 1 aromatic heterocycles. The number of benzene rings is 2. The summed E-state index contributed by atoms with van der Waals surface area (Å²) >= 11 is 6.10. The molecule has 4 heteroatoms. The third kappa shape index (κ3) is 3.78. The molecule has 2 aliphatic heterocycles. The summed E-state index contributed by atoms with van der Waals surface area (Å²) in [6, 6.07) is 12.9. The van der Waals surface area contributed by atoms with Crippen molar-refractivity contribution in [3.63, 3.8) is 0 Å². The van der Waals surface area contributed by atoms with Crippen LogP contribution in [0, 0.1) is 0 Å². The Morgan fingerprint density at radius 1 is 1.17 bits per heavy atom. The van der Waals surface area contributed by atoms with Gasteiger partial charge < -0.3 is 14.6 Å². The average molecular weight is 409 g/mol. The zero-order valence-corrected chi connectivity index (χ0v) is 18.1. The number of likely N-dealkylation sites (tertiary alicyclic amines) is 1. The Labute approximate surface area is 178 Å². The molecule has 0 saturated carbocycles. The molecular weight excluding hydrogens is 380 g/mol. The van der Waals surface area contributed by atoms with Crippen molar-refractivity contribution in [2.24, 2.45) is 0 Å². The van der Waals surface area contributed by atoms with Gasteiger partial charge in [-0.25, -0.2) is 0 Å².